The van der Waals surface area contributed by atoms with Crippen LogP contribution in [0.5, 0.6) is 0 Å². The van der Waals surface area contributed by atoms with E-state index < -0.39 is 5.97 Å². The van der Waals surface area contributed by atoms with Gasteiger partial charge in [-0.1, -0.05) is 0 Å². The van der Waals surface area contributed by atoms with Gasteiger partial charge < -0.3 is 9.51 Å². The van der Waals surface area contributed by atoms with Crippen LogP contribution in [0.3, 0.4) is 0 Å². The highest BCUT2D eigenvalue weighted by Crippen LogP contribution is 2.21. The molecule has 0 saturated heterocycles. The number of fused-ring (bicyclic) bond motifs is 1. The number of imidazole rings is 1. The Morgan fingerprint density at radius 2 is 2.24 bits per heavy atom. The molecule has 1 N–H and O–H groups in total. The van der Waals surface area contributed by atoms with Crippen molar-refractivity contribution in [3.8, 4) is 10.7 Å². The van der Waals surface area contributed by atoms with E-state index in [1.807, 2.05) is 5.38 Å². The smallest absolute Gasteiger partial charge is 0.337 e. The van der Waals surface area contributed by atoms with Crippen LogP contribution in [0.4, 0.5) is 0 Å². The first-order valence-corrected chi connectivity index (χ1v) is 5.74. The monoisotopic (exact) mass is 245 g/mol. The second-order valence-electron chi connectivity index (χ2n) is 3.45. The maximum atomic E-state index is 10.8. The summed E-state index contributed by atoms with van der Waals surface area (Å²) in [5, 5.41) is 11.6. The lowest BCUT2D eigenvalue weighted by atomic mass is 10.3. The third-order valence-electron chi connectivity index (χ3n) is 2.35. The third kappa shape index (κ3) is 1.68. The normalized spacial score (nSPS) is 10.8. The van der Waals surface area contributed by atoms with Gasteiger partial charge in [-0.25, -0.2) is 14.8 Å². The molecule has 5 nitrogen and oxygen atoms in total. The van der Waals surface area contributed by atoms with E-state index in [0.29, 0.717) is 5.65 Å². The number of hydrogen-bond donors (Lipinski definition) is 1. The first-order valence-electron chi connectivity index (χ1n) is 4.86. The van der Waals surface area contributed by atoms with Crippen LogP contribution in [0, 0.1) is 0 Å². The van der Waals surface area contributed by atoms with E-state index in [2.05, 4.69) is 9.97 Å². The molecule has 3 aromatic heterocycles. The fraction of sp³-hybridized carbons (Fsp3) is 0. The molecule has 0 fully saturated rings. The number of aromatic carboxylic acids is 1. The molecule has 0 aliphatic carbocycles. The number of hydrogen-bond acceptors (Lipinski definition) is 4. The second kappa shape index (κ2) is 3.67. The lowest BCUT2D eigenvalue weighted by Gasteiger charge is -1.95. The molecule has 0 aliphatic rings. The third-order valence-corrected chi connectivity index (χ3v) is 3.15. The van der Waals surface area contributed by atoms with E-state index in [1.165, 1.54) is 17.4 Å². The molecule has 0 radical (unpaired) electrons. The highest BCUT2D eigenvalue weighted by atomic mass is 32.1. The molecule has 17 heavy (non-hydrogen) atoms. The van der Waals surface area contributed by atoms with Crippen LogP contribution in [0.25, 0.3) is 16.3 Å². The number of carboxylic acid groups (broad SMARTS) is 1. The van der Waals surface area contributed by atoms with Gasteiger partial charge in [-0.15, -0.1) is 11.3 Å². The summed E-state index contributed by atoms with van der Waals surface area (Å²) >= 11 is 1.50. The maximum Gasteiger partial charge on any atom is 0.337 e. The van der Waals surface area contributed by atoms with Crippen LogP contribution in [0.1, 0.15) is 10.4 Å². The van der Waals surface area contributed by atoms with Gasteiger partial charge in [0.1, 0.15) is 16.3 Å². The highest BCUT2D eigenvalue weighted by molar-refractivity contribution is 7.13. The Balaban J connectivity index is 2.16. The largest absolute Gasteiger partial charge is 0.478 e. The minimum atomic E-state index is -0.948. The van der Waals surface area contributed by atoms with Gasteiger partial charge in [-0.2, -0.15) is 0 Å². The Morgan fingerprint density at radius 3 is 2.94 bits per heavy atom. The van der Waals surface area contributed by atoms with Crippen molar-refractivity contribution in [1.82, 2.24) is 14.4 Å². The Hall–Kier alpha value is -2.21. The van der Waals surface area contributed by atoms with Gasteiger partial charge in [0.15, 0.2) is 0 Å². The summed E-state index contributed by atoms with van der Waals surface area (Å²) in [6, 6.07) is 3.22. The van der Waals surface area contributed by atoms with Gasteiger partial charge in [0.05, 0.1) is 5.56 Å². The molecule has 0 aliphatic heterocycles. The van der Waals surface area contributed by atoms with Crippen molar-refractivity contribution in [2.45, 2.75) is 0 Å². The topological polar surface area (TPSA) is 67.5 Å². The number of rotatable bonds is 2. The van der Waals surface area contributed by atoms with Gasteiger partial charge in [-0.3, -0.25) is 0 Å². The van der Waals surface area contributed by atoms with Crippen molar-refractivity contribution in [3.05, 3.63) is 41.7 Å². The zero-order valence-electron chi connectivity index (χ0n) is 8.57. The van der Waals surface area contributed by atoms with E-state index in [0.717, 1.165) is 10.7 Å². The standard InChI is InChI=1S/C11H7N3O2S/c15-11(16)7-1-2-9-13-8(6-14(9)5-7)10-12-3-4-17-10/h1-6H,(H,15,16). The molecule has 84 valence electrons. The summed E-state index contributed by atoms with van der Waals surface area (Å²) < 4.78 is 1.69. The summed E-state index contributed by atoms with van der Waals surface area (Å²) in [4.78, 5) is 19.4. The molecule has 0 aromatic carbocycles. The lowest BCUT2D eigenvalue weighted by Crippen LogP contribution is -1.97. The molecular formula is C11H7N3O2S. The zero-order valence-corrected chi connectivity index (χ0v) is 9.39. The number of thiazole rings is 1. The Bertz CT molecular complexity index is 688. The molecule has 0 unspecified atom stereocenters. The van der Waals surface area contributed by atoms with Crippen molar-refractivity contribution in [2.75, 3.05) is 0 Å². The van der Waals surface area contributed by atoms with Crippen molar-refractivity contribution >= 4 is 23.0 Å². The van der Waals surface area contributed by atoms with E-state index in [9.17, 15) is 4.79 Å². The number of pyridine rings is 1. The first-order chi connectivity index (χ1) is 8.24. The molecule has 0 amide bonds. The molecule has 3 rings (SSSR count). The van der Waals surface area contributed by atoms with Crippen molar-refractivity contribution < 1.29 is 9.90 Å². The van der Waals surface area contributed by atoms with Crippen LogP contribution in [0.2, 0.25) is 0 Å². The van der Waals surface area contributed by atoms with Crippen LogP contribution in [-0.4, -0.2) is 25.4 Å². The number of aromatic nitrogens is 3. The fourth-order valence-corrected chi connectivity index (χ4v) is 2.16. The summed E-state index contributed by atoms with van der Waals surface area (Å²) in [5.74, 6) is -0.948. The number of nitrogens with zero attached hydrogens (tertiary/aromatic N) is 3. The lowest BCUT2D eigenvalue weighted by molar-refractivity contribution is 0.0696. The van der Waals surface area contributed by atoms with Crippen LogP contribution >= 0.6 is 11.3 Å². The Kier molecular flexibility index (Phi) is 2.15. The van der Waals surface area contributed by atoms with E-state index in [4.69, 9.17) is 5.11 Å². The van der Waals surface area contributed by atoms with Crippen molar-refractivity contribution in [3.63, 3.8) is 0 Å². The Labute approximate surface area is 100 Å². The second-order valence-corrected chi connectivity index (χ2v) is 4.35. The summed E-state index contributed by atoms with van der Waals surface area (Å²) in [6.07, 6.45) is 5.04. The molecule has 3 aromatic rings. The molecule has 0 saturated carbocycles. The van der Waals surface area contributed by atoms with E-state index >= 15 is 0 Å². The average molecular weight is 245 g/mol. The van der Waals surface area contributed by atoms with Gasteiger partial charge in [0.2, 0.25) is 0 Å². The van der Waals surface area contributed by atoms with E-state index in [1.54, 1.807) is 29.1 Å². The molecule has 3 heterocycles. The van der Waals surface area contributed by atoms with Crippen LogP contribution < -0.4 is 0 Å². The summed E-state index contributed by atoms with van der Waals surface area (Å²) in [6.45, 7) is 0. The maximum absolute atomic E-state index is 10.8. The number of carboxylic acids is 1. The van der Waals surface area contributed by atoms with Gasteiger partial charge in [0, 0.05) is 24.0 Å². The minimum Gasteiger partial charge on any atom is -0.478 e. The van der Waals surface area contributed by atoms with Gasteiger partial charge in [-0.05, 0) is 12.1 Å². The number of carbonyl (C=O) groups is 1. The average Bonchev–Trinajstić information content (AvgIpc) is 2.96. The molecule has 0 bridgehead atoms. The molecular weight excluding hydrogens is 238 g/mol. The van der Waals surface area contributed by atoms with Crippen molar-refractivity contribution in [1.29, 1.82) is 0 Å². The molecule has 6 heteroatoms. The predicted octanol–water partition coefficient (Wildman–Crippen LogP) is 2.16. The Morgan fingerprint density at radius 1 is 1.35 bits per heavy atom. The van der Waals surface area contributed by atoms with Crippen LogP contribution in [0.15, 0.2) is 36.1 Å². The highest BCUT2D eigenvalue weighted by Gasteiger charge is 2.08. The van der Waals surface area contributed by atoms with Crippen molar-refractivity contribution in [2.24, 2.45) is 0 Å². The predicted molar refractivity (Wildman–Crippen MR) is 63.3 cm³/mol. The van der Waals surface area contributed by atoms with Crippen LogP contribution in [-0.2, 0) is 0 Å². The quantitative estimate of drug-likeness (QED) is 0.751. The zero-order chi connectivity index (χ0) is 11.8. The first kappa shape index (κ1) is 9.98. The fourth-order valence-electron chi connectivity index (χ4n) is 1.57. The van der Waals surface area contributed by atoms with Gasteiger partial charge in [0.25, 0.3) is 0 Å². The SMILES string of the molecule is O=C(O)c1ccc2nc(-c3nccs3)cn2c1. The molecule has 0 spiro atoms. The van der Waals surface area contributed by atoms with Gasteiger partial charge >= 0.3 is 5.97 Å². The van der Waals surface area contributed by atoms with E-state index in [-0.39, 0.29) is 5.56 Å². The minimum absolute atomic E-state index is 0.237. The molecule has 0 atom stereocenters. The summed E-state index contributed by atoms with van der Waals surface area (Å²) in [7, 11) is 0. The summed E-state index contributed by atoms with van der Waals surface area (Å²) in [5.41, 5.74) is 1.70.